The maximum absolute atomic E-state index is 10.5. The van der Waals surface area contributed by atoms with Crippen LogP contribution in [0.2, 0.25) is 0 Å². The van der Waals surface area contributed by atoms with Crippen molar-refractivity contribution in [3.63, 3.8) is 0 Å². The van der Waals surface area contributed by atoms with Gasteiger partial charge in [0.25, 0.3) is 0 Å². The van der Waals surface area contributed by atoms with Gasteiger partial charge in [-0.3, -0.25) is 20.2 Å². The zero-order valence-electron chi connectivity index (χ0n) is 5.96. The van der Waals surface area contributed by atoms with Crippen molar-refractivity contribution in [3.8, 4) is 12.3 Å². The number of carbonyl (C=O) groups excluding carboxylic acids is 2. The molecule has 6 heteroatoms. The maximum Gasteiger partial charge on any atom is 0.316 e. The molecule has 1 aliphatic rings. The predicted octanol–water partition coefficient (Wildman–Crippen LogP) is -1.85. The van der Waals surface area contributed by atoms with E-state index in [1.807, 2.05) is 0 Å². The van der Waals surface area contributed by atoms with Gasteiger partial charge in [0.05, 0.1) is 0 Å². The Morgan fingerprint density at radius 1 is 1.42 bits per heavy atom. The van der Waals surface area contributed by atoms with E-state index in [9.17, 15) is 9.59 Å². The van der Waals surface area contributed by atoms with Gasteiger partial charge in [-0.1, -0.05) is 5.92 Å². The van der Waals surface area contributed by atoms with E-state index >= 15 is 0 Å². The molecule has 0 aromatic heterocycles. The van der Waals surface area contributed by atoms with E-state index in [0.29, 0.717) is 0 Å². The lowest BCUT2D eigenvalue weighted by Crippen LogP contribution is -2.25. The number of guanidine groups is 1. The summed E-state index contributed by atoms with van der Waals surface area (Å²) in [5.74, 6) is 0.587. The number of terminal acetylenes is 1. The predicted molar refractivity (Wildman–Crippen MR) is 38.5 cm³/mol. The summed E-state index contributed by atoms with van der Waals surface area (Å²) >= 11 is 0. The summed E-state index contributed by atoms with van der Waals surface area (Å²) in [6.45, 7) is -0.0186. The topological polar surface area (TPSA) is 79.8 Å². The molecule has 0 bridgehead atoms. The average molecular weight is 167 g/mol. The van der Waals surface area contributed by atoms with Crippen LogP contribution in [0.1, 0.15) is 0 Å². The molecule has 1 aliphatic heterocycles. The van der Waals surface area contributed by atoms with Crippen molar-refractivity contribution in [1.29, 1.82) is 0 Å². The van der Waals surface area contributed by atoms with Crippen molar-refractivity contribution in [2.45, 2.75) is 0 Å². The highest BCUT2D eigenvalue weighted by Gasteiger charge is 2.25. The Hall–Kier alpha value is -2.03. The molecule has 0 aromatic rings. The smallest absolute Gasteiger partial charge is 0.316 e. The largest absolute Gasteiger partial charge is 0.380 e. The van der Waals surface area contributed by atoms with Gasteiger partial charge in [-0.25, -0.2) is 0 Å². The summed E-state index contributed by atoms with van der Waals surface area (Å²) < 4.78 is 0. The number of rotatable bonds is 2. The zero-order valence-corrected chi connectivity index (χ0v) is 5.96. The first-order chi connectivity index (χ1) is 5.74. The molecule has 62 valence electrons. The van der Waals surface area contributed by atoms with Crippen molar-refractivity contribution in [1.82, 2.24) is 10.6 Å². The Balaban J connectivity index is 2.47. The first-order valence-electron chi connectivity index (χ1n) is 3.00. The van der Waals surface area contributed by atoms with Crippen LogP contribution in [0.3, 0.4) is 0 Å². The summed E-state index contributed by atoms with van der Waals surface area (Å²) in [7, 11) is 0. The number of hydrogen-bond acceptors (Lipinski definition) is 4. The van der Waals surface area contributed by atoms with E-state index in [2.05, 4.69) is 26.5 Å². The van der Waals surface area contributed by atoms with E-state index in [1.54, 1.807) is 0 Å². The van der Waals surface area contributed by atoms with Gasteiger partial charge in [0.2, 0.25) is 5.96 Å². The van der Waals surface area contributed by atoms with Gasteiger partial charge in [-0.05, 0) is 5.16 Å². The first kappa shape index (κ1) is 8.07. The fraction of sp³-hybridized carbons (Fsp3) is 0.167. The zero-order chi connectivity index (χ0) is 8.97. The lowest BCUT2D eigenvalue weighted by atomic mass is 10.6. The minimum Gasteiger partial charge on any atom is -0.380 e. The molecule has 0 atom stereocenters. The molecule has 2 amide bonds. The number of hydrogen-bond donors (Lipinski definition) is 2. The quantitative estimate of drug-likeness (QED) is 0.219. The molecular formula is C6H5N3O3. The van der Waals surface area contributed by atoms with Crippen LogP contribution < -0.4 is 10.6 Å². The van der Waals surface area contributed by atoms with Crippen molar-refractivity contribution in [2.75, 3.05) is 6.61 Å². The van der Waals surface area contributed by atoms with Crippen LogP contribution in [-0.4, -0.2) is 24.4 Å². The van der Waals surface area contributed by atoms with Crippen molar-refractivity contribution < 1.29 is 14.4 Å². The summed E-state index contributed by atoms with van der Waals surface area (Å²) in [5.41, 5.74) is 0. The monoisotopic (exact) mass is 167 g/mol. The molecular weight excluding hydrogens is 162 g/mol. The van der Waals surface area contributed by atoms with Crippen LogP contribution >= 0.6 is 0 Å². The SMILES string of the molecule is C#CCON=C1NC(=O)C(=O)N1. The molecule has 1 rings (SSSR count). The maximum atomic E-state index is 10.5. The second-order valence-corrected chi connectivity index (χ2v) is 1.83. The van der Waals surface area contributed by atoms with Crippen LogP contribution in [-0.2, 0) is 14.4 Å². The Morgan fingerprint density at radius 3 is 2.50 bits per heavy atom. The van der Waals surface area contributed by atoms with E-state index in [1.165, 1.54) is 0 Å². The number of oxime groups is 1. The van der Waals surface area contributed by atoms with Crippen LogP contribution in [0.5, 0.6) is 0 Å². The molecule has 12 heavy (non-hydrogen) atoms. The number of nitrogens with one attached hydrogen (secondary N) is 2. The third-order valence-electron chi connectivity index (χ3n) is 0.974. The highest BCUT2D eigenvalue weighted by Crippen LogP contribution is 1.83. The highest BCUT2D eigenvalue weighted by atomic mass is 16.6. The van der Waals surface area contributed by atoms with Crippen LogP contribution in [0.4, 0.5) is 0 Å². The van der Waals surface area contributed by atoms with Crippen molar-refractivity contribution >= 4 is 17.8 Å². The molecule has 0 aromatic carbocycles. The number of carbonyl (C=O) groups is 2. The molecule has 2 N–H and O–H groups in total. The molecule has 0 radical (unpaired) electrons. The Kier molecular flexibility index (Phi) is 2.28. The Bertz CT molecular complexity index is 271. The molecule has 1 heterocycles. The third-order valence-corrected chi connectivity index (χ3v) is 0.974. The summed E-state index contributed by atoms with van der Waals surface area (Å²) in [5, 5.41) is 7.56. The van der Waals surface area contributed by atoms with E-state index in [4.69, 9.17) is 6.42 Å². The highest BCUT2D eigenvalue weighted by molar-refractivity contribution is 6.45. The van der Waals surface area contributed by atoms with Gasteiger partial charge in [0.15, 0.2) is 6.61 Å². The summed E-state index contributed by atoms with van der Waals surface area (Å²) in [6.07, 6.45) is 4.85. The number of amides is 2. The lowest BCUT2D eigenvalue weighted by molar-refractivity contribution is -0.135. The third kappa shape index (κ3) is 1.73. The summed E-state index contributed by atoms with van der Waals surface area (Å²) in [6, 6.07) is 0. The van der Waals surface area contributed by atoms with Crippen LogP contribution in [0, 0.1) is 12.3 Å². The van der Waals surface area contributed by atoms with Gasteiger partial charge >= 0.3 is 11.8 Å². The van der Waals surface area contributed by atoms with Gasteiger partial charge in [0, 0.05) is 0 Å². The van der Waals surface area contributed by atoms with Crippen LogP contribution in [0.15, 0.2) is 5.16 Å². The molecule has 0 aliphatic carbocycles. The van der Waals surface area contributed by atoms with E-state index < -0.39 is 11.8 Å². The van der Waals surface area contributed by atoms with Crippen molar-refractivity contribution in [2.24, 2.45) is 5.16 Å². The fourth-order valence-electron chi connectivity index (χ4n) is 0.540. The lowest BCUT2D eigenvalue weighted by Gasteiger charge is -1.93. The Morgan fingerprint density at radius 2 is 2.00 bits per heavy atom. The second-order valence-electron chi connectivity index (χ2n) is 1.83. The molecule has 6 nitrogen and oxygen atoms in total. The average Bonchev–Trinajstić information content (AvgIpc) is 2.32. The minimum atomic E-state index is -0.766. The molecule has 0 unspecified atom stereocenters. The minimum absolute atomic E-state index is 0.0186. The molecule has 1 fully saturated rings. The van der Waals surface area contributed by atoms with Crippen LogP contribution in [0.25, 0.3) is 0 Å². The van der Waals surface area contributed by atoms with E-state index in [-0.39, 0.29) is 12.6 Å². The first-order valence-corrected chi connectivity index (χ1v) is 3.00. The fourth-order valence-corrected chi connectivity index (χ4v) is 0.540. The second kappa shape index (κ2) is 3.39. The van der Waals surface area contributed by atoms with Crippen molar-refractivity contribution in [3.05, 3.63) is 0 Å². The van der Waals surface area contributed by atoms with Gasteiger partial charge in [0.1, 0.15) is 0 Å². The summed E-state index contributed by atoms with van der Waals surface area (Å²) in [4.78, 5) is 25.5. The van der Waals surface area contributed by atoms with E-state index in [0.717, 1.165) is 0 Å². The normalized spacial score (nSPS) is 14.8. The van der Waals surface area contributed by atoms with Gasteiger partial charge < -0.3 is 4.84 Å². The molecule has 1 saturated heterocycles. The molecule has 0 saturated carbocycles. The van der Waals surface area contributed by atoms with Gasteiger partial charge in [-0.2, -0.15) is 0 Å². The van der Waals surface area contributed by atoms with Gasteiger partial charge in [-0.15, -0.1) is 6.42 Å². The standard InChI is InChI=1S/C6H5N3O3/c1-2-3-12-9-6-7-4(10)5(11)8-6/h1H,3H2,(H2,7,8,9,10,11). The number of nitrogens with zero attached hydrogens (tertiary/aromatic N) is 1. The molecule has 0 spiro atoms. The Labute approximate surface area is 67.9 Å².